The summed E-state index contributed by atoms with van der Waals surface area (Å²) >= 11 is 0. The van der Waals surface area contributed by atoms with Crippen LogP contribution in [0.15, 0.2) is 30.5 Å². The molecule has 0 fully saturated rings. The van der Waals surface area contributed by atoms with Crippen LogP contribution in [-0.2, 0) is 0 Å². The van der Waals surface area contributed by atoms with Crippen LogP contribution in [0.5, 0.6) is 5.75 Å². The summed E-state index contributed by atoms with van der Waals surface area (Å²) in [5, 5.41) is 4.03. The molecule has 2 aromatic rings. The zero-order chi connectivity index (χ0) is 13.1. The van der Waals surface area contributed by atoms with E-state index in [0.29, 0.717) is 6.61 Å². The number of aromatic nitrogens is 2. The number of amides is 1. The summed E-state index contributed by atoms with van der Waals surface area (Å²) in [5.74, 6) is 0.303. The van der Waals surface area contributed by atoms with E-state index >= 15 is 0 Å². The Bertz CT molecular complexity index is 560. The third kappa shape index (κ3) is 2.27. The number of hydrogen-bond donors (Lipinski definition) is 2. The van der Waals surface area contributed by atoms with Gasteiger partial charge in [-0.3, -0.25) is 4.79 Å². The lowest BCUT2D eigenvalue weighted by atomic mass is 10.3. The number of benzene rings is 1. The Balaban J connectivity index is 2.31. The Morgan fingerprint density at radius 1 is 1.39 bits per heavy atom. The highest BCUT2D eigenvalue weighted by Gasteiger charge is 2.11. The molecule has 6 heteroatoms. The standard InChI is InChI=1S/C12H14N4O2/c1-2-18-9-5-3-8(4-6-9)16-7-10(12(14)17)11(13)15-16/h3-7H,2H2,1H3,(H2,13,15)(H2,14,17). The third-order valence-electron chi connectivity index (χ3n) is 2.42. The maximum atomic E-state index is 11.1. The molecule has 1 aromatic carbocycles. The number of rotatable bonds is 4. The fourth-order valence-electron chi connectivity index (χ4n) is 1.57. The molecule has 0 aliphatic rings. The van der Waals surface area contributed by atoms with E-state index in [1.165, 1.54) is 10.9 Å². The largest absolute Gasteiger partial charge is 0.494 e. The molecule has 1 amide bonds. The molecule has 1 heterocycles. The van der Waals surface area contributed by atoms with Crippen LogP contribution >= 0.6 is 0 Å². The molecule has 0 atom stereocenters. The van der Waals surface area contributed by atoms with Crippen molar-refractivity contribution in [3.63, 3.8) is 0 Å². The predicted octanol–water partition coefficient (Wildman–Crippen LogP) is 0.952. The van der Waals surface area contributed by atoms with Crippen LogP contribution in [0.25, 0.3) is 5.69 Å². The topological polar surface area (TPSA) is 96.2 Å². The maximum absolute atomic E-state index is 11.1. The molecule has 2 rings (SSSR count). The van der Waals surface area contributed by atoms with Gasteiger partial charge in [0, 0.05) is 6.20 Å². The minimum atomic E-state index is -0.593. The Hall–Kier alpha value is -2.50. The average molecular weight is 246 g/mol. The lowest BCUT2D eigenvalue weighted by molar-refractivity contribution is 0.100. The second-order valence-corrected chi connectivity index (χ2v) is 3.66. The minimum Gasteiger partial charge on any atom is -0.494 e. The van der Waals surface area contributed by atoms with Gasteiger partial charge in [-0.25, -0.2) is 4.68 Å². The molecule has 94 valence electrons. The molecule has 0 aliphatic carbocycles. The molecular formula is C12H14N4O2. The van der Waals surface area contributed by atoms with Crippen molar-refractivity contribution in [2.45, 2.75) is 6.92 Å². The van der Waals surface area contributed by atoms with E-state index in [2.05, 4.69) is 5.10 Å². The molecule has 0 saturated carbocycles. The van der Waals surface area contributed by atoms with E-state index < -0.39 is 5.91 Å². The quantitative estimate of drug-likeness (QED) is 0.839. The van der Waals surface area contributed by atoms with Crippen LogP contribution in [0.4, 0.5) is 5.82 Å². The van der Waals surface area contributed by atoms with Gasteiger partial charge in [-0.1, -0.05) is 0 Å². The first-order chi connectivity index (χ1) is 8.61. The van der Waals surface area contributed by atoms with E-state index in [0.717, 1.165) is 11.4 Å². The Morgan fingerprint density at radius 2 is 2.06 bits per heavy atom. The summed E-state index contributed by atoms with van der Waals surface area (Å²) in [7, 11) is 0. The molecule has 0 bridgehead atoms. The highest BCUT2D eigenvalue weighted by Crippen LogP contribution is 2.17. The molecule has 0 aliphatic heterocycles. The summed E-state index contributed by atoms with van der Waals surface area (Å²) in [6.45, 7) is 2.53. The number of primary amides is 1. The number of anilines is 1. The average Bonchev–Trinajstić information content (AvgIpc) is 2.73. The lowest BCUT2D eigenvalue weighted by Gasteiger charge is -2.04. The van der Waals surface area contributed by atoms with Gasteiger partial charge in [0.2, 0.25) is 0 Å². The van der Waals surface area contributed by atoms with Gasteiger partial charge in [-0.2, -0.15) is 0 Å². The third-order valence-corrected chi connectivity index (χ3v) is 2.42. The molecule has 0 unspecified atom stereocenters. The van der Waals surface area contributed by atoms with Crippen molar-refractivity contribution in [3.05, 3.63) is 36.0 Å². The van der Waals surface area contributed by atoms with Crippen molar-refractivity contribution in [1.82, 2.24) is 9.78 Å². The van der Waals surface area contributed by atoms with E-state index in [9.17, 15) is 4.79 Å². The summed E-state index contributed by atoms with van der Waals surface area (Å²) in [4.78, 5) is 11.1. The monoisotopic (exact) mass is 246 g/mol. The number of nitrogen functional groups attached to an aromatic ring is 1. The molecule has 6 nitrogen and oxygen atoms in total. The van der Waals surface area contributed by atoms with Crippen molar-refractivity contribution in [2.24, 2.45) is 5.73 Å². The summed E-state index contributed by atoms with van der Waals surface area (Å²) < 4.78 is 6.84. The highest BCUT2D eigenvalue weighted by atomic mass is 16.5. The van der Waals surface area contributed by atoms with E-state index in [-0.39, 0.29) is 11.4 Å². The van der Waals surface area contributed by atoms with Crippen LogP contribution in [0.3, 0.4) is 0 Å². The first-order valence-corrected chi connectivity index (χ1v) is 5.50. The number of ether oxygens (including phenoxy) is 1. The van der Waals surface area contributed by atoms with Crippen molar-refractivity contribution in [3.8, 4) is 11.4 Å². The van der Waals surface area contributed by atoms with Crippen LogP contribution in [0.1, 0.15) is 17.3 Å². The van der Waals surface area contributed by atoms with Crippen LogP contribution in [0.2, 0.25) is 0 Å². The molecule has 1 aromatic heterocycles. The summed E-state index contributed by atoms with van der Waals surface area (Å²) in [5.41, 5.74) is 11.8. The predicted molar refractivity (Wildman–Crippen MR) is 67.7 cm³/mol. The minimum absolute atomic E-state index is 0.122. The molecule has 18 heavy (non-hydrogen) atoms. The van der Waals surface area contributed by atoms with Gasteiger partial charge >= 0.3 is 0 Å². The molecular weight excluding hydrogens is 232 g/mol. The van der Waals surface area contributed by atoms with Gasteiger partial charge in [0.05, 0.1) is 12.3 Å². The number of nitrogens with two attached hydrogens (primary N) is 2. The van der Waals surface area contributed by atoms with Crippen LogP contribution in [-0.4, -0.2) is 22.3 Å². The Labute approximate surface area is 104 Å². The van der Waals surface area contributed by atoms with Crippen LogP contribution in [0, 0.1) is 0 Å². The van der Waals surface area contributed by atoms with Gasteiger partial charge in [-0.05, 0) is 31.2 Å². The van der Waals surface area contributed by atoms with Gasteiger partial charge in [0.25, 0.3) is 5.91 Å². The second-order valence-electron chi connectivity index (χ2n) is 3.66. The van der Waals surface area contributed by atoms with E-state index in [1.807, 2.05) is 31.2 Å². The molecule has 0 saturated heterocycles. The number of nitrogens with zero attached hydrogens (tertiary/aromatic N) is 2. The zero-order valence-corrected chi connectivity index (χ0v) is 9.96. The zero-order valence-electron chi connectivity index (χ0n) is 9.96. The Kier molecular flexibility index (Phi) is 3.18. The van der Waals surface area contributed by atoms with Crippen molar-refractivity contribution < 1.29 is 9.53 Å². The van der Waals surface area contributed by atoms with Crippen molar-refractivity contribution in [2.75, 3.05) is 12.3 Å². The number of hydrogen-bond acceptors (Lipinski definition) is 4. The van der Waals surface area contributed by atoms with E-state index in [4.69, 9.17) is 16.2 Å². The fourth-order valence-corrected chi connectivity index (χ4v) is 1.57. The second kappa shape index (κ2) is 4.79. The highest BCUT2D eigenvalue weighted by molar-refractivity contribution is 5.96. The van der Waals surface area contributed by atoms with Gasteiger partial charge in [0.1, 0.15) is 11.3 Å². The number of carbonyl (C=O) groups is 1. The van der Waals surface area contributed by atoms with E-state index in [1.54, 1.807) is 0 Å². The van der Waals surface area contributed by atoms with Gasteiger partial charge in [-0.15, -0.1) is 5.10 Å². The fraction of sp³-hybridized carbons (Fsp3) is 0.167. The summed E-state index contributed by atoms with van der Waals surface area (Å²) in [6, 6.07) is 7.28. The smallest absolute Gasteiger partial charge is 0.254 e. The van der Waals surface area contributed by atoms with Crippen molar-refractivity contribution >= 4 is 11.7 Å². The molecule has 4 N–H and O–H groups in total. The molecule has 0 radical (unpaired) electrons. The molecule has 0 spiro atoms. The maximum Gasteiger partial charge on any atom is 0.254 e. The van der Waals surface area contributed by atoms with Crippen LogP contribution < -0.4 is 16.2 Å². The first-order valence-electron chi connectivity index (χ1n) is 5.50. The van der Waals surface area contributed by atoms with Gasteiger partial charge in [0.15, 0.2) is 5.82 Å². The first kappa shape index (κ1) is 12.0. The Morgan fingerprint density at radius 3 is 2.56 bits per heavy atom. The van der Waals surface area contributed by atoms with Gasteiger partial charge < -0.3 is 16.2 Å². The SMILES string of the molecule is CCOc1ccc(-n2cc(C(N)=O)c(N)n2)cc1. The number of carbonyl (C=O) groups excluding carboxylic acids is 1. The summed E-state index contributed by atoms with van der Waals surface area (Å²) in [6.07, 6.45) is 1.51. The normalized spacial score (nSPS) is 10.3. The van der Waals surface area contributed by atoms with Crippen molar-refractivity contribution in [1.29, 1.82) is 0 Å². The lowest BCUT2D eigenvalue weighted by Crippen LogP contribution is -2.11.